The van der Waals surface area contributed by atoms with Gasteiger partial charge in [0.2, 0.25) is 10.0 Å². The molecule has 0 aliphatic heterocycles. The Morgan fingerprint density at radius 1 is 1.35 bits per heavy atom. The Bertz CT molecular complexity index is 583. The number of carbonyl (C=O) groups is 1. The Hall–Kier alpha value is -1.60. The van der Waals surface area contributed by atoms with Gasteiger partial charge in [-0.3, -0.25) is 4.79 Å². The van der Waals surface area contributed by atoms with Crippen LogP contribution in [0.25, 0.3) is 0 Å². The van der Waals surface area contributed by atoms with Crippen molar-refractivity contribution in [3.05, 3.63) is 29.3 Å². The molecule has 0 bridgehead atoms. The summed E-state index contributed by atoms with van der Waals surface area (Å²) in [5.74, 6) is -0.479. The highest BCUT2D eigenvalue weighted by Crippen LogP contribution is 2.12. The second-order valence-electron chi connectivity index (χ2n) is 4.92. The molecule has 0 aliphatic carbocycles. The van der Waals surface area contributed by atoms with Gasteiger partial charge in [-0.05, 0) is 38.5 Å². The first-order chi connectivity index (χ1) is 9.21. The largest absolute Gasteiger partial charge is 0.399 e. The number of hydrogen-bond acceptors (Lipinski definition) is 4. The first kappa shape index (κ1) is 16.5. The third-order valence-electron chi connectivity index (χ3n) is 2.58. The number of benzene rings is 1. The molecular weight excluding hydrogens is 278 g/mol. The Kier molecular flexibility index (Phi) is 5.52. The molecule has 0 saturated carbocycles. The van der Waals surface area contributed by atoms with Crippen LogP contribution in [-0.4, -0.2) is 32.7 Å². The number of rotatable bonds is 6. The van der Waals surface area contributed by atoms with E-state index in [1.807, 2.05) is 0 Å². The van der Waals surface area contributed by atoms with Gasteiger partial charge in [-0.1, -0.05) is 6.07 Å². The Morgan fingerprint density at radius 3 is 2.60 bits per heavy atom. The van der Waals surface area contributed by atoms with E-state index in [1.165, 1.54) is 0 Å². The number of carbonyl (C=O) groups excluding carboxylic acids is 1. The van der Waals surface area contributed by atoms with Gasteiger partial charge in [0.1, 0.15) is 0 Å². The van der Waals surface area contributed by atoms with Crippen LogP contribution in [-0.2, 0) is 10.0 Å². The van der Waals surface area contributed by atoms with E-state index in [4.69, 9.17) is 5.73 Å². The van der Waals surface area contributed by atoms with Crippen LogP contribution < -0.4 is 15.8 Å². The molecule has 0 fully saturated rings. The first-order valence-corrected chi connectivity index (χ1v) is 8.01. The molecule has 1 amide bonds. The van der Waals surface area contributed by atoms with Crippen LogP contribution in [0.5, 0.6) is 0 Å². The summed E-state index contributed by atoms with van der Waals surface area (Å²) >= 11 is 0. The van der Waals surface area contributed by atoms with Gasteiger partial charge in [-0.15, -0.1) is 0 Å². The smallest absolute Gasteiger partial charge is 0.251 e. The Labute approximate surface area is 119 Å². The van der Waals surface area contributed by atoms with Gasteiger partial charge in [0.15, 0.2) is 0 Å². The summed E-state index contributed by atoms with van der Waals surface area (Å²) in [6.07, 6.45) is 0. The highest BCUT2D eigenvalue weighted by Gasteiger charge is 2.13. The lowest BCUT2D eigenvalue weighted by Crippen LogP contribution is -2.37. The number of nitrogens with two attached hydrogens (primary N) is 1. The standard InChI is InChI=1S/C13H21N3O3S/c1-9(2)16-20(18,19)7-6-15-13(17)12-8-11(14)5-4-10(12)3/h4-5,8-9,16H,6-7,14H2,1-3H3,(H,15,17). The van der Waals surface area contributed by atoms with Crippen molar-refractivity contribution in [1.82, 2.24) is 10.0 Å². The van der Waals surface area contributed by atoms with Crippen molar-refractivity contribution < 1.29 is 13.2 Å². The zero-order chi connectivity index (χ0) is 15.3. The van der Waals surface area contributed by atoms with Crippen LogP contribution in [0.15, 0.2) is 18.2 Å². The molecule has 1 aromatic rings. The molecule has 0 unspecified atom stereocenters. The summed E-state index contributed by atoms with van der Waals surface area (Å²) < 4.78 is 25.6. The maximum Gasteiger partial charge on any atom is 0.251 e. The van der Waals surface area contributed by atoms with Crippen LogP contribution in [0.3, 0.4) is 0 Å². The summed E-state index contributed by atoms with van der Waals surface area (Å²) in [5, 5.41) is 2.58. The second kappa shape index (κ2) is 6.71. The zero-order valence-corrected chi connectivity index (χ0v) is 12.8. The van der Waals surface area contributed by atoms with Crippen molar-refractivity contribution in [3.8, 4) is 0 Å². The predicted molar refractivity (Wildman–Crippen MR) is 80.0 cm³/mol. The van der Waals surface area contributed by atoms with E-state index in [0.717, 1.165) is 5.56 Å². The van der Waals surface area contributed by atoms with Crippen LogP contribution in [0, 0.1) is 6.92 Å². The van der Waals surface area contributed by atoms with Crippen LogP contribution in [0.2, 0.25) is 0 Å². The van der Waals surface area contributed by atoms with Crippen LogP contribution in [0.1, 0.15) is 29.8 Å². The van der Waals surface area contributed by atoms with Crippen molar-refractivity contribution in [2.75, 3.05) is 18.0 Å². The quantitative estimate of drug-likeness (QED) is 0.671. The molecule has 0 atom stereocenters. The fraction of sp³-hybridized carbons (Fsp3) is 0.462. The van der Waals surface area contributed by atoms with Crippen molar-refractivity contribution in [3.63, 3.8) is 0 Å². The first-order valence-electron chi connectivity index (χ1n) is 6.35. The molecule has 6 nitrogen and oxygen atoms in total. The normalized spacial score (nSPS) is 11.6. The number of anilines is 1. The Balaban J connectivity index is 2.58. The average Bonchev–Trinajstić information content (AvgIpc) is 2.30. The number of amides is 1. The molecule has 20 heavy (non-hydrogen) atoms. The molecule has 0 aliphatic rings. The third kappa shape index (κ3) is 5.18. The van der Waals surface area contributed by atoms with Crippen molar-refractivity contribution in [2.24, 2.45) is 0 Å². The maximum absolute atomic E-state index is 11.9. The molecule has 1 aromatic carbocycles. The van der Waals surface area contributed by atoms with E-state index in [-0.39, 0.29) is 24.2 Å². The molecule has 1 rings (SSSR count). The molecule has 0 radical (unpaired) electrons. The fourth-order valence-electron chi connectivity index (χ4n) is 1.70. The molecule has 7 heteroatoms. The van der Waals surface area contributed by atoms with Crippen molar-refractivity contribution in [2.45, 2.75) is 26.8 Å². The number of nitrogens with one attached hydrogen (secondary N) is 2. The SMILES string of the molecule is Cc1ccc(N)cc1C(=O)NCCS(=O)(=O)NC(C)C. The Morgan fingerprint density at radius 2 is 2.00 bits per heavy atom. The topological polar surface area (TPSA) is 101 Å². The van der Waals surface area contributed by atoms with Crippen LogP contribution >= 0.6 is 0 Å². The highest BCUT2D eigenvalue weighted by atomic mass is 32.2. The molecule has 0 aromatic heterocycles. The minimum Gasteiger partial charge on any atom is -0.399 e. The summed E-state index contributed by atoms with van der Waals surface area (Å²) in [5.41, 5.74) is 7.38. The number of aryl methyl sites for hydroxylation is 1. The summed E-state index contributed by atoms with van der Waals surface area (Å²) in [6, 6.07) is 4.88. The van der Waals surface area contributed by atoms with E-state index in [1.54, 1.807) is 39.0 Å². The van der Waals surface area contributed by atoms with Crippen molar-refractivity contribution in [1.29, 1.82) is 0 Å². The van der Waals surface area contributed by atoms with Gasteiger partial charge < -0.3 is 11.1 Å². The zero-order valence-electron chi connectivity index (χ0n) is 11.9. The van der Waals surface area contributed by atoms with Gasteiger partial charge >= 0.3 is 0 Å². The highest BCUT2D eigenvalue weighted by molar-refractivity contribution is 7.89. The van der Waals surface area contributed by atoms with Crippen LogP contribution in [0.4, 0.5) is 5.69 Å². The minimum absolute atomic E-state index is 0.0507. The molecule has 0 spiro atoms. The summed E-state index contributed by atoms with van der Waals surface area (Å²) in [7, 11) is -3.37. The van der Waals surface area contributed by atoms with E-state index >= 15 is 0 Å². The monoisotopic (exact) mass is 299 g/mol. The van der Waals surface area contributed by atoms with Gasteiger partial charge in [0, 0.05) is 23.8 Å². The molecule has 0 heterocycles. The second-order valence-corrected chi connectivity index (χ2v) is 6.80. The van der Waals surface area contributed by atoms with E-state index < -0.39 is 10.0 Å². The fourth-order valence-corrected chi connectivity index (χ4v) is 2.90. The summed E-state index contributed by atoms with van der Waals surface area (Å²) in [6.45, 7) is 5.33. The average molecular weight is 299 g/mol. The number of sulfonamides is 1. The van der Waals surface area contributed by atoms with E-state index in [2.05, 4.69) is 10.0 Å². The van der Waals surface area contributed by atoms with Gasteiger partial charge in [-0.2, -0.15) is 0 Å². The summed E-state index contributed by atoms with van der Waals surface area (Å²) in [4.78, 5) is 11.9. The van der Waals surface area contributed by atoms with Gasteiger partial charge in [-0.25, -0.2) is 13.1 Å². The number of hydrogen-bond donors (Lipinski definition) is 3. The molecule has 0 saturated heterocycles. The lowest BCUT2D eigenvalue weighted by Gasteiger charge is -2.11. The molecule has 112 valence electrons. The maximum atomic E-state index is 11.9. The lowest BCUT2D eigenvalue weighted by molar-refractivity contribution is 0.0955. The molecular formula is C13H21N3O3S. The lowest BCUT2D eigenvalue weighted by atomic mass is 10.1. The minimum atomic E-state index is -3.37. The van der Waals surface area contributed by atoms with Crippen molar-refractivity contribution >= 4 is 21.6 Å². The van der Waals surface area contributed by atoms with Gasteiger partial charge in [0.25, 0.3) is 5.91 Å². The van der Waals surface area contributed by atoms with Gasteiger partial charge in [0.05, 0.1) is 5.75 Å². The molecule has 4 N–H and O–H groups in total. The predicted octanol–water partition coefficient (Wildman–Crippen LogP) is 0.635. The van der Waals surface area contributed by atoms with E-state index in [9.17, 15) is 13.2 Å². The third-order valence-corrected chi connectivity index (χ3v) is 4.15. The number of nitrogen functional groups attached to an aromatic ring is 1. The van der Waals surface area contributed by atoms with E-state index in [0.29, 0.717) is 11.3 Å².